The highest BCUT2D eigenvalue weighted by molar-refractivity contribution is 14.1. The second-order valence-corrected chi connectivity index (χ2v) is 18.7. The van der Waals surface area contributed by atoms with Crippen molar-refractivity contribution in [3.8, 4) is 5.75 Å². The second kappa shape index (κ2) is 12.8. The Morgan fingerprint density at radius 1 is 1.05 bits per heavy atom. The molecule has 1 aliphatic rings. The van der Waals surface area contributed by atoms with E-state index in [0.717, 1.165) is 20.4 Å². The molecule has 4 rings (SSSR count). The number of carbonyl (C=O) groups excluding carboxylic acids is 1. The van der Waals surface area contributed by atoms with Crippen molar-refractivity contribution >= 4 is 60.2 Å². The lowest BCUT2D eigenvalue weighted by Gasteiger charge is -2.47. The lowest BCUT2D eigenvalue weighted by atomic mass is 9.92. The smallest absolute Gasteiger partial charge is 0.341 e. The third kappa shape index (κ3) is 7.52. The fourth-order valence-electron chi connectivity index (χ4n) is 4.34. The van der Waals surface area contributed by atoms with Gasteiger partial charge in [-0.05, 0) is 100 Å². The SMILES string of the molecule is CC(C)(C)[Si](C)(C)O[C@@H](CS[C@H]1C(=O)N(c2ccc(I)cc2)[C@@H]1c1ccc(OCC(=O)O)cc1)c1ccc(F)cc1. The molecule has 3 atom stereocenters. The lowest BCUT2D eigenvalue weighted by Crippen LogP contribution is -2.58. The molecule has 1 aliphatic heterocycles. The van der Waals surface area contributed by atoms with Crippen LogP contribution in [0.1, 0.15) is 44.0 Å². The van der Waals surface area contributed by atoms with E-state index in [4.69, 9.17) is 14.3 Å². The van der Waals surface area contributed by atoms with Crippen LogP contribution in [0.3, 0.4) is 0 Å². The highest BCUT2D eigenvalue weighted by atomic mass is 127. The Bertz CT molecular complexity index is 1360. The summed E-state index contributed by atoms with van der Waals surface area (Å²) < 4.78 is 27.0. The number of ether oxygens (including phenoxy) is 1. The number of aliphatic carboxylic acids is 1. The first-order valence-electron chi connectivity index (χ1n) is 13.3. The summed E-state index contributed by atoms with van der Waals surface area (Å²) in [6.07, 6.45) is -0.297. The van der Waals surface area contributed by atoms with E-state index in [1.807, 2.05) is 41.3 Å². The summed E-state index contributed by atoms with van der Waals surface area (Å²) in [6, 6.07) is 21.3. The molecule has 3 aromatic carbocycles. The predicted octanol–water partition coefficient (Wildman–Crippen LogP) is 7.85. The van der Waals surface area contributed by atoms with Gasteiger partial charge in [-0.2, -0.15) is 0 Å². The number of nitrogens with zero attached hydrogens (tertiary/aromatic N) is 1. The standard InChI is InChI=1S/C31H35FINO5SSi/c1-31(2,3)41(4,5)39-26(20-6-10-22(32)11-7-20)19-40-29-28(21-8-16-25(17-9-21)38-18-27(35)36)34(30(29)37)24-14-12-23(33)13-15-24/h6-17,26,28-29H,18-19H2,1-5H3,(H,35,36)/t26-,28+,29+/m0/s1. The van der Waals surface area contributed by atoms with Gasteiger partial charge in [0.25, 0.3) is 0 Å². The molecule has 0 unspecified atom stereocenters. The van der Waals surface area contributed by atoms with Crippen LogP contribution in [0.15, 0.2) is 72.8 Å². The fourth-order valence-corrected chi connectivity index (χ4v) is 7.47. The van der Waals surface area contributed by atoms with Crippen LogP contribution in [0, 0.1) is 9.39 Å². The molecule has 0 radical (unpaired) electrons. The zero-order valence-corrected chi connectivity index (χ0v) is 27.7. The Hall–Kier alpha value is -2.41. The topological polar surface area (TPSA) is 76.1 Å². The van der Waals surface area contributed by atoms with Crippen LogP contribution >= 0.6 is 34.4 Å². The molecule has 218 valence electrons. The molecule has 1 fully saturated rings. The fraction of sp³-hybridized carbons (Fsp3) is 0.355. The van der Waals surface area contributed by atoms with E-state index < -0.39 is 20.9 Å². The van der Waals surface area contributed by atoms with E-state index in [9.17, 15) is 14.0 Å². The monoisotopic (exact) mass is 707 g/mol. The third-order valence-corrected chi connectivity index (χ3v) is 14.2. The summed E-state index contributed by atoms with van der Waals surface area (Å²) in [6.45, 7) is 10.5. The Kier molecular flexibility index (Phi) is 9.87. The summed E-state index contributed by atoms with van der Waals surface area (Å²) in [5.41, 5.74) is 2.63. The number of halogens is 2. The van der Waals surface area contributed by atoms with E-state index in [1.165, 1.54) is 12.1 Å². The first kappa shape index (κ1) is 31.5. The van der Waals surface area contributed by atoms with Crippen molar-refractivity contribution in [3.63, 3.8) is 0 Å². The van der Waals surface area contributed by atoms with Gasteiger partial charge in [0.05, 0.1) is 12.1 Å². The van der Waals surface area contributed by atoms with Crippen molar-refractivity contribution in [1.29, 1.82) is 0 Å². The number of benzene rings is 3. The van der Waals surface area contributed by atoms with E-state index in [0.29, 0.717) is 11.5 Å². The van der Waals surface area contributed by atoms with Crippen LogP contribution in [0.4, 0.5) is 10.1 Å². The highest BCUT2D eigenvalue weighted by Crippen LogP contribution is 2.47. The van der Waals surface area contributed by atoms with Gasteiger partial charge >= 0.3 is 5.97 Å². The van der Waals surface area contributed by atoms with Crippen molar-refractivity contribution in [2.45, 2.75) is 56.3 Å². The largest absolute Gasteiger partial charge is 0.482 e. The van der Waals surface area contributed by atoms with Crippen LogP contribution in [0.2, 0.25) is 18.1 Å². The van der Waals surface area contributed by atoms with Gasteiger partial charge in [0.15, 0.2) is 14.9 Å². The van der Waals surface area contributed by atoms with Crippen molar-refractivity contribution in [1.82, 2.24) is 0 Å². The minimum absolute atomic E-state index is 0.0117. The molecule has 1 saturated heterocycles. The van der Waals surface area contributed by atoms with Crippen LogP contribution in [0.5, 0.6) is 5.75 Å². The number of hydrogen-bond donors (Lipinski definition) is 1. The number of carboxylic acid groups (broad SMARTS) is 1. The Labute approximate surface area is 259 Å². The van der Waals surface area contributed by atoms with E-state index in [2.05, 4.69) is 56.5 Å². The van der Waals surface area contributed by atoms with Crippen LogP contribution < -0.4 is 9.64 Å². The molecular formula is C31H35FINO5SSi. The van der Waals surface area contributed by atoms with Crippen molar-refractivity contribution in [3.05, 3.63) is 93.3 Å². The van der Waals surface area contributed by atoms with Gasteiger partial charge in [-0.15, -0.1) is 11.8 Å². The average molecular weight is 708 g/mol. The molecule has 0 bridgehead atoms. The summed E-state index contributed by atoms with van der Waals surface area (Å²) in [5, 5.41) is 8.55. The van der Waals surface area contributed by atoms with E-state index >= 15 is 0 Å². The molecule has 1 N–H and O–H groups in total. The van der Waals surface area contributed by atoms with E-state index in [-0.39, 0.29) is 34.2 Å². The maximum atomic E-state index is 13.8. The third-order valence-electron chi connectivity index (χ3n) is 7.65. The molecule has 3 aromatic rings. The number of hydrogen-bond acceptors (Lipinski definition) is 5. The number of rotatable bonds is 11. The minimum Gasteiger partial charge on any atom is -0.482 e. The number of carboxylic acids is 1. The summed E-state index contributed by atoms with van der Waals surface area (Å²) in [7, 11) is -2.18. The van der Waals surface area contributed by atoms with Crippen LogP contribution in [-0.2, 0) is 14.0 Å². The second-order valence-electron chi connectivity index (χ2n) is 11.6. The summed E-state index contributed by atoms with van der Waals surface area (Å²) >= 11 is 3.79. The normalized spacial score (nSPS) is 18.1. The van der Waals surface area contributed by atoms with Crippen molar-refractivity contribution in [2.75, 3.05) is 17.3 Å². The van der Waals surface area contributed by atoms with Gasteiger partial charge in [-0.1, -0.05) is 45.0 Å². The molecule has 1 heterocycles. The maximum Gasteiger partial charge on any atom is 0.341 e. The van der Waals surface area contributed by atoms with Crippen molar-refractivity contribution in [2.24, 2.45) is 0 Å². The Balaban J connectivity index is 1.61. The number of thioether (sulfide) groups is 1. The van der Waals surface area contributed by atoms with Gasteiger partial charge < -0.3 is 19.2 Å². The zero-order chi connectivity index (χ0) is 29.9. The zero-order valence-electron chi connectivity index (χ0n) is 23.8. The number of amides is 1. The Morgan fingerprint density at radius 3 is 2.22 bits per heavy atom. The summed E-state index contributed by atoms with van der Waals surface area (Å²) in [4.78, 5) is 26.3. The predicted molar refractivity (Wildman–Crippen MR) is 173 cm³/mol. The summed E-state index contributed by atoms with van der Waals surface area (Å²) in [5.74, 6) is -0.351. The van der Waals surface area contributed by atoms with Gasteiger partial charge in [-0.3, -0.25) is 4.79 Å². The molecule has 0 spiro atoms. The molecule has 41 heavy (non-hydrogen) atoms. The van der Waals surface area contributed by atoms with Crippen LogP contribution in [0.25, 0.3) is 0 Å². The molecule has 0 aliphatic carbocycles. The molecule has 1 amide bonds. The molecule has 10 heteroatoms. The quantitative estimate of drug-likeness (QED) is 0.124. The number of anilines is 1. The van der Waals surface area contributed by atoms with Crippen LogP contribution in [-0.4, -0.2) is 42.9 Å². The molecule has 0 saturated carbocycles. The first-order valence-corrected chi connectivity index (χ1v) is 18.4. The minimum atomic E-state index is -2.18. The highest BCUT2D eigenvalue weighted by Gasteiger charge is 2.50. The molecule has 0 aromatic heterocycles. The van der Waals surface area contributed by atoms with Crippen molar-refractivity contribution < 1.29 is 28.2 Å². The Morgan fingerprint density at radius 2 is 1.66 bits per heavy atom. The molecular weight excluding hydrogens is 672 g/mol. The number of carbonyl (C=O) groups is 2. The van der Waals surface area contributed by atoms with Gasteiger partial charge in [-0.25, -0.2) is 9.18 Å². The first-order chi connectivity index (χ1) is 19.3. The molecule has 6 nitrogen and oxygen atoms in total. The average Bonchev–Trinajstić information content (AvgIpc) is 2.91. The number of β-lactam (4-membered cyclic amide) rings is 1. The van der Waals surface area contributed by atoms with Gasteiger partial charge in [0, 0.05) is 15.0 Å². The van der Waals surface area contributed by atoms with Gasteiger partial charge in [0.2, 0.25) is 5.91 Å². The van der Waals surface area contributed by atoms with E-state index in [1.54, 1.807) is 36.0 Å². The maximum absolute atomic E-state index is 13.8. The van der Waals surface area contributed by atoms with Gasteiger partial charge in [0.1, 0.15) is 16.8 Å². The lowest BCUT2D eigenvalue weighted by molar-refractivity contribution is -0.139.